The van der Waals surface area contributed by atoms with Gasteiger partial charge in [0.2, 0.25) is 0 Å². The standard InChI is InChI=1S/C12H18ClN5S/c1-2-10(11(14)19)17-3-5-18(6-4-17)12-9(13)7-15-8-16-12/h7-8,10H,2-6H2,1H3,(H2,14,19). The molecule has 0 amide bonds. The molecule has 2 rings (SSSR count). The maximum Gasteiger partial charge on any atom is 0.150 e. The molecular formula is C12H18ClN5S. The van der Waals surface area contributed by atoms with Gasteiger partial charge in [0.05, 0.1) is 17.2 Å². The first-order chi connectivity index (χ1) is 9.13. The molecular weight excluding hydrogens is 282 g/mol. The number of hydrogen-bond acceptors (Lipinski definition) is 5. The molecule has 0 aliphatic carbocycles. The first-order valence-corrected chi connectivity index (χ1v) is 7.16. The van der Waals surface area contributed by atoms with Gasteiger partial charge in [0.25, 0.3) is 0 Å². The van der Waals surface area contributed by atoms with E-state index in [-0.39, 0.29) is 6.04 Å². The molecule has 1 aromatic heterocycles. The van der Waals surface area contributed by atoms with Crippen molar-refractivity contribution in [3.8, 4) is 0 Å². The molecule has 1 aliphatic rings. The minimum atomic E-state index is 0.193. The van der Waals surface area contributed by atoms with E-state index in [4.69, 9.17) is 29.6 Å². The molecule has 0 radical (unpaired) electrons. The molecule has 0 saturated carbocycles. The first kappa shape index (κ1) is 14.4. The first-order valence-electron chi connectivity index (χ1n) is 6.37. The Labute approximate surface area is 123 Å². The molecule has 1 fully saturated rings. The van der Waals surface area contributed by atoms with Crippen LogP contribution in [0.2, 0.25) is 5.02 Å². The van der Waals surface area contributed by atoms with E-state index in [9.17, 15) is 0 Å². The normalized spacial score (nSPS) is 18.3. The third-order valence-electron chi connectivity index (χ3n) is 3.42. The predicted octanol–water partition coefficient (Wildman–Crippen LogP) is 1.32. The molecule has 1 aliphatic heterocycles. The van der Waals surface area contributed by atoms with Crippen molar-refractivity contribution in [1.82, 2.24) is 14.9 Å². The molecule has 2 N–H and O–H groups in total. The highest BCUT2D eigenvalue weighted by Gasteiger charge is 2.25. The van der Waals surface area contributed by atoms with Gasteiger partial charge in [0, 0.05) is 26.2 Å². The molecule has 0 bridgehead atoms. The van der Waals surface area contributed by atoms with Gasteiger partial charge >= 0.3 is 0 Å². The maximum absolute atomic E-state index is 6.11. The van der Waals surface area contributed by atoms with E-state index < -0.39 is 0 Å². The Morgan fingerprint density at radius 1 is 1.47 bits per heavy atom. The van der Waals surface area contributed by atoms with Crippen LogP contribution in [0.3, 0.4) is 0 Å². The summed E-state index contributed by atoms with van der Waals surface area (Å²) < 4.78 is 0. The second-order valence-corrected chi connectivity index (χ2v) is 5.42. The predicted molar refractivity (Wildman–Crippen MR) is 81.7 cm³/mol. The summed E-state index contributed by atoms with van der Waals surface area (Å²) in [4.78, 5) is 13.2. The lowest BCUT2D eigenvalue weighted by molar-refractivity contribution is 0.224. The Morgan fingerprint density at radius 3 is 2.68 bits per heavy atom. The highest BCUT2D eigenvalue weighted by Crippen LogP contribution is 2.23. The summed E-state index contributed by atoms with van der Waals surface area (Å²) >= 11 is 11.2. The van der Waals surface area contributed by atoms with Crippen molar-refractivity contribution in [2.75, 3.05) is 31.1 Å². The van der Waals surface area contributed by atoms with Crippen LogP contribution in [0, 0.1) is 0 Å². The second kappa shape index (κ2) is 6.45. The zero-order chi connectivity index (χ0) is 13.8. The smallest absolute Gasteiger partial charge is 0.150 e. The van der Waals surface area contributed by atoms with Crippen molar-refractivity contribution in [1.29, 1.82) is 0 Å². The molecule has 0 aromatic carbocycles. The maximum atomic E-state index is 6.11. The average Bonchev–Trinajstić information content (AvgIpc) is 2.41. The SMILES string of the molecule is CCC(C(N)=S)N1CCN(c2ncncc2Cl)CC1. The Balaban J connectivity index is 2.00. The molecule has 0 spiro atoms. The summed E-state index contributed by atoms with van der Waals surface area (Å²) in [5, 5.41) is 0.595. The molecule has 19 heavy (non-hydrogen) atoms. The summed E-state index contributed by atoms with van der Waals surface area (Å²) in [6.45, 7) is 5.68. The number of hydrogen-bond donors (Lipinski definition) is 1. The number of piperazine rings is 1. The van der Waals surface area contributed by atoms with Crippen molar-refractivity contribution >= 4 is 34.6 Å². The van der Waals surface area contributed by atoms with E-state index >= 15 is 0 Å². The third kappa shape index (κ3) is 3.32. The van der Waals surface area contributed by atoms with Crippen LogP contribution in [-0.4, -0.2) is 52.1 Å². The molecule has 2 heterocycles. The third-order valence-corrected chi connectivity index (χ3v) is 3.96. The van der Waals surface area contributed by atoms with Gasteiger partial charge in [-0.1, -0.05) is 30.7 Å². The van der Waals surface area contributed by atoms with Gasteiger partial charge in [-0.05, 0) is 6.42 Å². The van der Waals surface area contributed by atoms with E-state index in [1.807, 2.05) is 0 Å². The van der Waals surface area contributed by atoms with E-state index in [0.29, 0.717) is 10.0 Å². The number of thiocarbonyl (C=S) groups is 1. The van der Waals surface area contributed by atoms with Gasteiger partial charge in [-0.15, -0.1) is 0 Å². The zero-order valence-corrected chi connectivity index (χ0v) is 12.5. The van der Waals surface area contributed by atoms with Gasteiger partial charge in [-0.25, -0.2) is 9.97 Å². The largest absolute Gasteiger partial charge is 0.392 e. The molecule has 7 heteroatoms. The van der Waals surface area contributed by atoms with E-state index in [2.05, 4.69) is 26.7 Å². The van der Waals surface area contributed by atoms with Gasteiger partial charge in [-0.2, -0.15) is 0 Å². The van der Waals surface area contributed by atoms with Crippen molar-refractivity contribution in [2.24, 2.45) is 5.73 Å². The van der Waals surface area contributed by atoms with Gasteiger partial charge < -0.3 is 10.6 Å². The molecule has 5 nitrogen and oxygen atoms in total. The second-order valence-electron chi connectivity index (χ2n) is 4.54. The summed E-state index contributed by atoms with van der Waals surface area (Å²) in [7, 11) is 0. The molecule has 104 valence electrons. The van der Waals surface area contributed by atoms with Crippen LogP contribution in [0.5, 0.6) is 0 Å². The highest BCUT2D eigenvalue weighted by atomic mass is 35.5. The van der Waals surface area contributed by atoms with Crippen LogP contribution in [0.1, 0.15) is 13.3 Å². The number of nitrogens with zero attached hydrogens (tertiary/aromatic N) is 4. The topological polar surface area (TPSA) is 58.3 Å². The lowest BCUT2D eigenvalue weighted by Crippen LogP contribution is -2.53. The van der Waals surface area contributed by atoms with E-state index in [1.165, 1.54) is 6.33 Å². The van der Waals surface area contributed by atoms with Crippen molar-refractivity contribution in [3.05, 3.63) is 17.5 Å². The molecule has 1 unspecified atom stereocenters. The van der Waals surface area contributed by atoms with Crippen LogP contribution < -0.4 is 10.6 Å². The van der Waals surface area contributed by atoms with Gasteiger partial charge in [0.15, 0.2) is 5.82 Å². The number of nitrogens with two attached hydrogens (primary N) is 1. The van der Waals surface area contributed by atoms with Crippen LogP contribution in [0.4, 0.5) is 5.82 Å². The number of halogens is 1. The molecule has 1 aromatic rings. The fourth-order valence-corrected chi connectivity index (χ4v) is 2.96. The van der Waals surface area contributed by atoms with Crippen LogP contribution >= 0.6 is 23.8 Å². The lowest BCUT2D eigenvalue weighted by atomic mass is 10.1. The van der Waals surface area contributed by atoms with Crippen LogP contribution in [-0.2, 0) is 0 Å². The monoisotopic (exact) mass is 299 g/mol. The van der Waals surface area contributed by atoms with E-state index in [1.54, 1.807) is 6.20 Å². The number of rotatable bonds is 4. The van der Waals surface area contributed by atoms with Gasteiger partial charge in [-0.3, -0.25) is 4.90 Å². The number of anilines is 1. The van der Waals surface area contributed by atoms with Crippen molar-refractivity contribution in [3.63, 3.8) is 0 Å². The van der Waals surface area contributed by atoms with Crippen molar-refractivity contribution < 1.29 is 0 Å². The quantitative estimate of drug-likeness (QED) is 0.846. The van der Waals surface area contributed by atoms with Crippen molar-refractivity contribution in [2.45, 2.75) is 19.4 Å². The Morgan fingerprint density at radius 2 is 2.16 bits per heavy atom. The Hall–Kier alpha value is -0.980. The highest BCUT2D eigenvalue weighted by molar-refractivity contribution is 7.80. The van der Waals surface area contributed by atoms with Crippen LogP contribution in [0.15, 0.2) is 12.5 Å². The average molecular weight is 300 g/mol. The summed E-state index contributed by atoms with van der Waals surface area (Å²) in [6, 6.07) is 0.193. The summed E-state index contributed by atoms with van der Waals surface area (Å²) in [6.07, 6.45) is 4.10. The van der Waals surface area contributed by atoms with E-state index in [0.717, 1.165) is 38.4 Å². The lowest BCUT2D eigenvalue weighted by Gasteiger charge is -2.39. The summed E-state index contributed by atoms with van der Waals surface area (Å²) in [5.41, 5.74) is 5.78. The zero-order valence-electron chi connectivity index (χ0n) is 10.9. The Kier molecular flexibility index (Phi) is 4.90. The fraction of sp³-hybridized carbons (Fsp3) is 0.583. The van der Waals surface area contributed by atoms with Gasteiger partial charge in [0.1, 0.15) is 11.3 Å². The Bertz CT molecular complexity index is 448. The minimum Gasteiger partial charge on any atom is -0.392 e. The summed E-state index contributed by atoms with van der Waals surface area (Å²) in [5.74, 6) is 0.805. The van der Waals surface area contributed by atoms with Crippen LogP contribution in [0.25, 0.3) is 0 Å². The molecule has 1 saturated heterocycles. The number of aromatic nitrogens is 2. The fourth-order valence-electron chi connectivity index (χ4n) is 2.42. The minimum absolute atomic E-state index is 0.193. The molecule has 1 atom stereocenters.